The highest BCUT2D eigenvalue weighted by atomic mass is 19.1. The monoisotopic (exact) mass is 268 g/mol. The van der Waals surface area contributed by atoms with Gasteiger partial charge in [0.15, 0.2) is 0 Å². The van der Waals surface area contributed by atoms with E-state index in [1.165, 1.54) is 18.2 Å². The molecule has 4 heteroatoms. The quantitative estimate of drug-likeness (QED) is 0.929. The first-order chi connectivity index (χ1) is 9.63. The second-order valence-corrected chi connectivity index (χ2v) is 4.37. The molecule has 0 saturated heterocycles. The lowest BCUT2D eigenvalue weighted by molar-refractivity contribution is 0.0944. The van der Waals surface area contributed by atoms with Gasteiger partial charge < -0.3 is 5.32 Å². The molecule has 0 aliphatic heterocycles. The maximum atomic E-state index is 13.7. The van der Waals surface area contributed by atoms with Crippen molar-refractivity contribution in [3.8, 4) is 6.07 Å². The van der Waals surface area contributed by atoms with Crippen LogP contribution in [0.3, 0.4) is 0 Å². The van der Waals surface area contributed by atoms with Crippen LogP contribution in [0.1, 0.15) is 27.5 Å². The minimum absolute atomic E-state index is 0.164. The predicted molar refractivity (Wildman–Crippen MR) is 73.4 cm³/mol. The van der Waals surface area contributed by atoms with Gasteiger partial charge in [-0.3, -0.25) is 4.79 Å². The summed E-state index contributed by atoms with van der Waals surface area (Å²) in [6, 6.07) is 13.9. The fraction of sp³-hybridized carbons (Fsp3) is 0.125. The van der Waals surface area contributed by atoms with Gasteiger partial charge >= 0.3 is 0 Å². The minimum Gasteiger partial charge on any atom is -0.332 e. The fourth-order valence-electron chi connectivity index (χ4n) is 1.93. The summed E-state index contributed by atoms with van der Waals surface area (Å²) in [6.45, 7) is 1.80. The van der Waals surface area contributed by atoms with E-state index in [0.717, 1.165) is 5.56 Å². The van der Waals surface area contributed by atoms with Gasteiger partial charge in [-0.15, -0.1) is 0 Å². The number of rotatable bonds is 3. The van der Waals surface area contributed by atoms with Gasteiger partial charge in [-0.05, 0) is 24.6 Å². The number of carbonyl (C=O) groups is 1. The number of nitriles is 1. The van der Waals surface area contributed by atoms with Crippen molar-refractivity contribution >= 4 is 5.91 Å². The molecular weight excluding hydrogens is 255 g/mol. The zero-order chi connectivity index (χ0) is 14.5. The van der Waals surface area contributed by atoms with E-state index >= 15 is 0 Å². The van der Waals surface area contributed by atoms with Crippen molar-refractivity contribution in [2.24, 2.45) is 0 Å². The summed E-state index contributed by atoms with van der Waals surface area (Å²) in [6.07, 6.45) is 0. The highest BCUT2D eigenvalue weighted by Crippen LogP contribution is 2.17. The van der Waals surface area contributed by atoms with Crippen LogP contribution in [0.2, 0.25) is 0 Å². The molecule has 1 amide bonds. The van der Waals surface area contributed by atoms with Crippen molar-refractivity contribution < 1.29 is 9.18 Å². The molecule has 0 aliphatic carbocycles. The number of nitrogens with one attached hydrogen (secondary N) is 1. The third kappa shape index (κ3) is 2.83. The maximum Gasteiger partial charge on any atom is 0.252 e. The van der Waals surface area contributed by atoms with Crippen LogP contribution in [0, 0.1) is 24.1 Å². The highest BCUT2D eigenvalue weighted by Gasteiger charge is 2.18. The Morgan fingerprint density at radius 1 is 1.20 bits per heavy atom. The number of aryl methyl sites for hydroxylation is 1. The van der Waals surface area contributed by atoms with E-state index in [1.54, 1.807) is 31.2 Å². The molecule has 1 atom stereocenters. The van der Waals surface area contributed by atoms with E-state index in [9.17, 15) is 9.18 Å². The van der Waals surface area contributed by atoms with Crippen LogP contribution >= 0.6 is 0 Å². The Kier molecular flexibility index (Phi) is 4.11. The average Bonchev–Trinajstić information content (AvgIpc) is 2.46. The van der Waals surface area contributed by atoms with E-state index < -0.39 is 17.8 Å². The van der Waals surface area contributed by atoms with Crippen molar-refractivity contribution in [3.63, 3.8) is 0 Å². The van der Waals surface area contributed by atoms with Crippen LogP contribution in [0.4, 0.5) is 4.39 Å². The molecule has 0 radical (unpaired) electrons. The first-order valence-corrected chi connectivity index (χ1v) is 6.14. The first kappa shape index (κ1) is 13.8. The molecule has 0 bridgehead atoms. The molecule has 1 N–H and O–H groups in total. The predicted octanol–water partition coefficient (Wildman–Crippen LogP) is 3.13. The number of amides is 1. The van der Waals surface area contributed by atoms with Crippen LogP contribution in [-0.2, 0) is 0 Å². The lowest BCUT2D eigenvalue weighted by Gasteiger charge is -2.13. The topological polar surface area (TPSA) is 52.9 Å². The zero-order valence-corrected chi connectivity index (χ0v) is 10.9. The van der Waals surface area contributed by atoms with Gasteiger partial charge in [0.25, 0.3) is 5.91 Å². The Labute approximate surface area is 116 Å². The summed E-state index contributed by atoms with van der Waals surface area (Å²) in [5.74, 6) is -0.901. The van der Waals surface area contributed by atoms with Gasteiger partial charge in [0.1, 0.15) is 11.9 Å². The summed E-state index contributed by atoms with van der Waals surface area (Å²) < 4.78 is 13.7. The van der Waals surface area contributed by atoms with E-state index in [4.69, 9.17) is 5.26 Å². The number of carbonyl (C=O) groups excluding carboxylic acids is 1. The van der Waals surface area contributed by atoms with Gasteiger partial charge in [-0.1, -0.05) is 36.4 Å². The Balaban J connectivity index is 2.24. The molecule has 0 aliphatic rings. The summed E-state index contributed by atoms with van der Waals surface area (Å²) in [7, 11) is 0. The molecule has 100 valence electrons. The van der Waals surface area contributed by atoms with Gasteiger partial charge in [-0.2, -0.15) is 5.26 Å². The third-order valence-corrected chi connectivity index (χ3v) is 3.01. The average molecular weight is 268 g/mol. The molecule has 0 saturated carbocycles. The van der Waals surface area contributed by atoms with Gasteiger partial charge in [0.2, 0.25) is 0 Å². The molecule has 20 heavy (non-hydrogen) atoms. The molecular formula is C16H13FN2O. The standard InChI is InChI=1S/C16H13FN2O/c1-11-6-2-3-7-12(11)16(20)19-15(10-18)13-8-4-5-9-14(13)17/h2-9,15H,1H3,(H,19,20). The molecule has 0 aromatic heterocycles. The fourth-order valence-corrected chi connectivity index (χ4v) is 1.93. The smallest absolute Gasteiger partial charge is 0.252 e. The molecule has 0 fully saturated rings. The van der Waals surface area contributed by atoms with E-state index in [1.807, 2.05) is 12.1 Å². The lowest BCUT2D eigenvalue weighted by Crippen LogP contribution is -2.28. The first-order valence-electron chi connectivity index (χ1n) is 6.14. The van der Waals surface area contributed by atoms with Crippen LogP contribution < -0.4 is 5.32 Å². The summed E-state index contributed by atoms with van der Waals surface area (Å²) in [5.41, 5.74) is 1.44. The van der Waals surface area contributed by atoms with Crippen molar-refractivity contribution in [1.29, 1.82) is 5.26 Å². The van der Waals surface area contributed by atoms with Crippen molar-refractivity contribution in [3.05, 3.63) is 71.0 Å². The number of hydrogen-bond acceptors (Lipinski definition) is 2. The zero-order valence-electron chi connectivity index (χ0n) is 10.9. The summed E-state index contributed by atoms with van der Waals surface area (Å²) >= 11 is 0. The lowest BCUT2D eigenvalue weighted by atomic mass is 10.1. The Hall–Kier alpha value is -2.67. The van der Waals surface area contributed by atoms with Crippen LogP contribution in [-0.4, -0.2) is 5.91 Å². The normalized spacial score (nSPS) is 11.4. The van der Waals surface area contributed by atoms with Gasteiger partial charge in [0.05, 0.1) is 6.07 Å². The maximum absolute atomic E-state index is 13.7. The Morgan fingerprint density at radius 3 is 2.50 bits per heavy atom. The van der Waals surface area contributed by atoms with Gasteiger partial charge in [-0.25, -0.2) is 4.39 Å². The molecule has 3 nitrogen and oxygen atoms in total. The van der Waals surface area contributed by atoms with Gasteiger partial charge in [0, 0.05) is 11.1 Å². The molecule has 1 unspecified atom stereocenters. The molecule has 2 rings (SSSR count). The Morgan fingerprint density at radius 2 is 1.85 bits per heavy atom. The molecule has 0 heterocycles. The summed E-state index contributed by atoms with van der Waals surface area (Å²) in [5, 5.41) is 11.7. The largest absolute Gasteiger partial charge is 0.332 e. The molecule has 0 spiro atoms. The van der Waals surface area contributed by atoms with Crippen LogP contribution in [0.15, 0.2) is 48.5 Å². The SMILES string of the molecule is Cc1ccccc1C(=O)NC(C#N)c1ccccc1F. The van der Waals surface area contributed by atoms with Crippen molar-refractivity contribution in [1.82, 2.24) is 5.32 Å². The highest BCUT2D eigenvalue weighted by molar-refractivity contribution is 5.96. The third-order valence-electron chi connectivity index (χ3n) is 3.01. The van der Waals surface area contributed by atoms with Crippen molar-refractivity contribution in [2.75, 3.05) is 0 Å². The minimum atomic E-state index is -1.01. The van der Waals surface area contributed by atoms with Crippen molar-refractivity contribution in [2.45, 2.75) is 13.0 Å². The second kappa shape index (κ2) is 5.98. The number of halogens is 1. The summed E-state index contributed by atoms with van der Waals surface area (Å²) in [4.78, 5) is 12.1. The molecule has 2 aromatic carbocycles. The van der Waals surface area contributed by atoms with E-state index in [0.29, 0.717) is 5.56 Å². The van der Waals surface area contributed by atoms with Crippen LogP contribution in [0.25, 0.3) is 0 Å². The van der Waals surface area contributed by atoms with E-state index in [-0.39, 0.29) is 5.56 Å². The number of nitrogens with zero attached hydrogens (tertiary/aromatic N) is 1. The Bertz CT molecular complexity index is 676. The second-order valence-electron chi connectivity index (χ2n) is 4.37. The number of benzene rings is 2. The molecule has 2 aromatic rings. The van der Waals surface area contributed by atoms with E-state index in [2.05, 4.69) is 5.32 Å². The number of hydrogen-bond donors (Lipinski definition) is 1. The van der Waals surface area contributed by atoms with Crippen LogP contribution in [0.5, 0.6) is 0 Å².